The Morgan fingerprint density at radius 2 is 1.87 bits per heavy atom. The molecule has 0 radical (unpaired) electrons. The summed E-state index contributed by atoms with van der Waals surface area (Å²) in [6, 6.07) is 8.61. The fraction of sp³-hybridized carbons (Fsp3) is 0.364. The minimum atomic E-state index is -0.486. The Morgan fingerprint density at radius 3 is 2.67 bits per heavy atom. The van der Waals surface area contributed by atoms with Crippen LogP contribution in [0.3, 0.4) is 0 Å². The molecule has 5 rings (SSSR count). The molecule has 1 aromatic heterocycles. The predicted molar refractivity (Wildman–Crippen MR) is 113 cm³/mol. The molecule has 156 valence electrons. The van der Waals surface area contributed by atoms with Crippen LogP contribution in [0.5, 0.6) is 11.5 Å². The van der Waals surface area contributed by atoms with Gasteiger partial charge in [-0.2, -0.15) is 0 Å². The zero-order valence-electron chi connectivity index (χ0n) is 16.3. The molecule has 2 aliphatic rings. The zero-order chi connectivity index (χ0) is 20.7. The summed E-state index contributed by atoms with van der Waals surface area (Å²) in [5.74, 6) is 0.698. The van der Waals surface area contributed by atoms with Crippen molar-refractivity contribution in [2.75, 3.05) is 19.8 Å². The van der Waals surface area contributed by atoms with E-state index in [4.69, 9.17) is 21.7 Å². The van der Waals surface area contributed by atoms with Crippen molar-refractivity contribution in [3.63, 3.8) is 0 Å². The summed E-state index contributed by atoms with van der Waals surface area (Å²) in [5, 5.41) is 3.04. The van der Waals surface area contributed by atoms with Crippen LogP contribution in [-0.2, 0) is 5.41 Å². The molecule has 0 spiro atoms. The van der Waals surface area contributed by atoms with Crippen LogP contribution in [0, 0.1) is 10.6 Å². The highest BCUT2D eigenvalue weighted by Crippen LogP contribution is 2.44. The van der Waals surface area contributed by atoms with Gasteiger partial charge in [-0.05, 0) is 54.9 Å². The molecule has 1 saturated carbocycles. The van der Waals surface area contributed by atoms with Gasteiger partial charge >= 0.3 is 0 Å². The van der Waals surface area contributed by atoms with Gasteiger partial charge in [0, 0.05) is 12.0 Å². The molecule has 0 bridgehead atoms. The molecule has 1 fully saturated rings. The van der Waals surface area contributed by atoms with Gasteiger partial charge in [0.1, 0.15) is 19.0 Å². The second-order valence-corrected chi connectivity index (χ2v) is 8.39. The van der Waals surface area contributed by atoms with E-state index in [2.05, 4.69) is 21.4 Å². The van der Waals surface area contributed by atoms with Crippen molar-refractivity contribution in [1.82, 2.24) is 15.3 Å². The van der Waals surface area contributed by atoms with Gasteiger partial charge in [-0.1, -0.05) is 18.9 Å². The van der Waals surface area contributed by atoms with Crippen LogP contribution in [0.1, 0.15) is 41.6 Å². The second-order valence-electron chi connectivity index (χ2n) is 7.98. The van der Waals surface area contributed by atoms with Crippen LogP contribution in [-0.4, -0.2) is 35.6 Å². The number of ether oxygens (including phenoxy) is 2. The Morgan fingerprint density at radius 1 is 1.10 bits per heavy atom. The maximum Gasteiger partial charge on any atom is 0.253 e. The molecule has 0 atom stereocenters. The number of hydrogen-bond donors (Lipinski definition) is 3. The molecule has 0 saturated heterocycles. The van der Waals surface area contributed by atoms with E-state index in [1.165, 1.54) is 12.1 Å². The van der Waals surface area contributed by atoms with Crippen LogP contribution < -0.4 is 14.8 Å². The molecular formula is C22H22FN3O3S. The highest BCUT2D eigenvalue weighted by Gasteiger charge is 2.37. The maximum absolute atomic E-state index is 14.0. The zero-order valence-corrected chi connectivity index (χ0v) is 17.2. The Bertz CT molecular complexity index is 1180. The fourth-order valence-corrected chi connectivity index (χ4v) is 4.84. The van der Waals surface area contributed by atoms with Gasteiger partial charge in [0.25, 0.3) is 5.91 Å². The first-order chi connectivity index (χ1) is 14.5. The minimum Gasteiger partial charge on any atom is -0.486 e. The van der Waals surface area contributed by atoms with Crippen LogP contribution in [0.4, 0.5) is 4.39 Å². The first-order valence-electron chi connectivity index (χ1n) is 10.1. The van der Waals surface area contributed by atoms with Crippen molar-refractivity contribution in [1.29, 1.82) is 0 Å². The molecule has 0 unspecified atom stereocenters. The first kappa shape index (κ1) is 19.1. The summed E-state index contributed by atoms with van der Waals surface area (Å²) in [6.07, 6.45) is 4.13. The van der Waals surface area contributed by atoms with E-state index in [0.29, 0.717) is 35.6 Å². The summed E-state index contributed by atoms with van der Waals surface area (Å²) in [6.45, 7) is 1.56. The third-order valence-corrected chi connectivity index (χ3v) is 6.34. The second kappa shape index (κ2) is 7.43. The van der Waals surface area contributed by atoms with Gasteiger partial charge in [-0.25, -0.2) is 4.39 Å². The van der Waals surface area contributed by atoms with E-state index in [0.717, 1.165) is 42.7 Å². The van der Waals surface area contributed by atoms with Gasteiger partial charge in [-0.15, -0.1) is 0 Å². The lowest BCUT2D eigenvalue weighted by Crippen LogP contribution is -2.39. The van der Waals surface area contributed by atoms with Crippen LogP contribution in [0.2, 0.25) is 0 Å². The number of hydrogen-bond acceptors (Lipinski definition) is 4. The van der Waals surface area contributed by atoms with E-state index in [9.17, 15) is 9.18 Å². The molecule has 8 heteroatoms. The predicted octanol–water partition coefficient (Wildman–Crippen LogP) is 4.38. The summed E-state index contributed by atoms with van der Waals surface area (Å²) >= 11 is 5.10. The first-order valence-corrected chi connectivity index (χ1v) is 10.5. The molecule has 1 amide bonds. The van der Waals surface area contributed by atoms with Crippen molar-refractivity contribution in [3.8, 4) is 11.5 Å². The standard InChI is InChI=1S/C22H22FN3O3S/c23-14-10-15(19-16(11-14)25-21(30)26-19)20(27)24-12-22(5-1-2-6-22)13-3-4-17-18(9-13)29-8-7-28-17/h3-4,9-11H,1-2,5-8,12H2,(H,24,27)(H2,25,26,30). The maximum atomic E-state index is 14.0. The van der Waals surface area contributed by atoms with E-state index in [-0.39, 0.29) is 16.9 Å². The average molecular weight is 428 g/mol. The SMILES string of the molecule is O=C(NCC1(c2ccc3c(c2)OCCO3)CCCC1)c1cc(F)cc2[nH]c(=S)[nH]c12. The van der Waals surface area contributed by atoms with E-state index in [1.54, 1.807) is 0 Å². The lowest BCUT2D eigenvalue weighted by atomic mass is 9.78. The van der Waals surface area contributed by atoms with Crippen molar-refractivity contribution in [2.24, 2.45) is 0 Å². The summed E-state index contributed by atoms with van der Waals surface area (Å²) in [7, 11) is 0. The molecule has 1 aliphatic carbocycles. The highest BCUT2D eigenvalue weighted by atomic mass is 32.1. The van der Waals surface area contributed by atoms with Crippen LogP contribution >= 0.6 is 12.2 Å². The van der Waals surface area contributed by atoms with Crippen LogP contribution in [0.15, 0.2) is 30.3 Å². The monoisotopic (exact) mass is 427 g/mol. The number of fused-ring (bicyclic) bond motifs is 2. The third-order valence-electron chi connectivity index (χ3n) is 6.14. The lowest BCUT2D eigenvalue weighted by Gasteiger charge is -2.31. The Hall–Kier alpha value is -2.87. The molecule has 6 nitrogen and oxygen atoms in total. The number of rotatable bonds is 4. The molecule has 2 heterocycles. The number of imidazole rings is 1. The number of aromatic amines is 2. The average Bonchev–Trinajstić information content (AvgIpc) is 3.37. The number of benzene rings is 2. The summed E-state index contributed by atoms with van der Waals surface area (Å²) in [5.41, 5.74) is 2.19. The number of carbonyl (C=O) groups excluding carboxylic acids is 1. The molecule has 2 aromatic carbocycles. The lowest BCUT2D eigenvalue weighted by molar-refractivity contribution is 0.0944. The molecule has 3 N–H and O–H groups in total. The summed E-state index contributed by atoms with van der Waals surface area (Å²) in [4.78, 5) is 18.8. The van der Waals surface area contributed by atoms with Gasteiger partial charge in [-0.3, -0.25) is 4.79 Å². The van der Waals surface area contributed by atoms with Crippen molar-refractivity contribution in [2.45, 2.75) is 31.1 Å². The molecule has 3 aromatic rings. The molecule has 30 heavy (non-hydrogen) atoms. The van der Waals surface area contributed by atoms with E-state index < -0.39 is 5.82 Å². The number of nitrogens with one attached hydrogen (secondary N) is 3. The number of halogens is 1. The van der Waals surface area contributed by atoms with Crippen LogP contribution in [0.25, 0.3) is 11.0 Å². The van der Waals surface area contributed by atoms with Crippen molar-refractivity contribution >= 4 is 29.2 Å². The smallest absolute Gasteiger partial charge is 0.253 e. The van der Waals surface area contributed by atoms with Gasteiger partial charge in [0.15, 0.2) is 16.3 Å². The van der Waals surface area contributed by atoms with Gasteiger partial charge < -0.3 is 24.8 Å². The highest BCUT2D eigenvalue weighted by molar-refractivity contribution is 7.71. The normalized spacial score (nSPS) is 17.2. The van der Waals surface area contributed by atoms with E-state index in [1.807, 2.05) is 12.1 Å². The van der Waals surface area contributed by atoms with Gasteiger partial charge in [0.05, 0.1) is 16.6 Å². The minimum absolute atomic E-state index is 0.178. The third kappa shape index (κ3) is 3.35. The molecule has 1 aliphatic heterocycles. The number of H-pyrrole nitrogens is 2. The Kier molecular flexibility index (Phi) is 4.73. The number of aromatic nitrogens is 2. The Balaban J connectivity index is 1.42. The van der Waals surface area contributed by atoms with Crippen molar-refractivity contribution in [3.05, 3.63) is 52.0 Å². The topological polar surface area (TPSA) is 79.1 Å². The molecular weight excluding hydrogens is 405 g/mol. The number of carbonyl (C=O) groups is 1. The Labute approximate surface area is 177 Å². The van der Waals surface area contributed by atoms with Gasteiger partial charge in [0.2, 0.25) is 0 Å². The largest absolute Gasteiger partial charge is 0.486 e. The quantitative estimate of drug-likeness (QED) is 0.540. The fourth-order valence-electron chi connectivity index (χ4n) is 4.62. The number of amides is 1. The van der Waals surface area contributed by atoms with E-state index >= 15 is 0 Å². The summed E-state index contributed by atoms with van der Waals surface area (Å²) < 4.78 is 25.8. The van der Waals surface area contributed by atoms with Crippen molar-refractivity contribution < 1.29 is 18.7 Å².